The second-order valence-corrected chi connectivity index (χ2v) is 3.96. The maximum atomic E-state index is 10.1. The molecule has 2 N–H and O–H groups in total. The van der Waals surface area contributed by atoms with Crippen LogP contribution in [0, 0.1) is 0 Å². The summed E-state index contributed by atoms with van der Waals surface area (Å²) in [5.74, 6) is -1.10. The molecule has 0 aromatic rings. The standard InChI is InChI=1S/C4H8O5P/c5-4(6)3-10(7)8-1-2-9-10/h7H,1-3H2,(H,5,6). The second kappa shape index (κ2) is 2.80. The molecule has 0 aliphatic carbocycles. The van der Waals surface area contributed by atoms with E-state index in [9.17, 15) is 4.79 Å². The van der Waals surface area contributed by atoms with E-state index in [1.807, 2.05) is 0 Å². The maximum Gasteiger partial charge on any atom is 0.314 e. The Balaban J connectivity index is 2.43. The summed E-state index contributed by atoms with van der Waals surface area (Å²) in [5, 5.41) is 8.25. The minimum atomic E-state index is -2.98. The minimum absolute atomic E-state index is 0.289. The molecule has 10 heavy (non-hydrogen) atoms. The Kier molecular flexibility index (Phi) is 2.21. The fourth-order valence-corrected chi connectivity index (χ4v) is 1.98. The predicted molar refractivity (Wildman–Crippen MR) is 33.5 cm³/mol. The largest absolute Gasteiger partial charge is 0.481 e. The van der Waals surface area contributed by atoms with Gasteiger partial charge in [-0.15, -0.1) is 0 Å². The van der Waals surface area contributed by atoms with Crippen LogP contribution >= 0.6 is 7.94 Å². The summed E-state index contributed by atoms with van der Waals surface area (Å²) in [6.07, 6.45) is -0.424. The van der Waals surface area contributed by atoms with Crippen molar-refractivity contribution in [3.05, 3.63) is 0 Å². The molecule has 1 heterocycles. The first-order chi connectivity index (χ1) is 4.62. The van der Waals surface area contributed by atoms with Gasteiger partial charge in [-0.1, -0.05) is 0 Å². The van der Waals surface area contributed by atoms with E-state index in [4.69, 9.17) is 19.0 Å². The van der Waals surface area contributed by atoms with Crippen LogP contribution in [0.5, 0.6) is 0 Å². The summed E-state index contributed by atoms with van der Waals surface area (Å²) in [6.45, 7) is 0.578. The monoisotopic (exact) mass is 167 g/mol. The van der Waals surface area contributed by atoms with Crippen LogP contribution in [-0.2, 0) is 13.8 Å². The summed E-state index contributed by atoms with van der Waals surface area (Å²) in [6, 6.07) is 0. The van der Waals surface area contributed by atoms with Crippen LogP contribution in [0.1, 0.15) is 0 Å². The number of aliphatic carboxylic acids is 1. The first kappa shape index (κ1) is 7.88. The summed E-state index contributed by atoms with van der Waals surface area (Å²) >= 11 is 0. The molecule has 0 aromatic carbocycles. The van der Waals surface area contributed by atoms with Crippen molar-refractivity contribution in [1.29, 1.82) is 0 Å². The quantitative estimate of drug-likeness (QED) is 0.560. The van der Waals surface area contributed by atoms with Crippen molar-refractivity contribution >= 4 is 13.9 Å². The van der Waals surface area contributed by atoms with Crippen molar-refractivity contribution in [3.8, 4) is 0 Å². The van der Waals surface area contributed by atoms with Crippen molar-refractivity contribution in [3.63, 3.8) is 0 Å². The Morgan fingerprint density at radius 1 is 1.50 bits per heavy atom. The Bertz CT molecular complexity index is 141. The highest BCUT2D eigenvalue weighted by Gasteiger charge is 2.35. The van der Waals surface area contributed by atoms with E-state index in [-0.39, 0.29) is 13.2 Å². The Labute approximate surface area is 58.1 Å². The number of hydrogen-bond donors (Lipinski definition) is 2. The van der Waals surface area contributed by atoms with Crippen LogP contribution in [0.25, 0.3) is 0 Å². The van der Waals surface area contributed by atoms with Crippen molar-refractivity contribution < 1.29 is 23.8 Å². The van der Waals surface area contributed by atoms with Crippen LogP contribution in [0.4, 0.5) is 0 Å². The molecule has 0 bridgehead atoms. The molecule has 0 amide bonds. The number of carboxylic acid groups (broad SMARTS) is 1. The number of hydrogen-bond acceptors (Lipinski definition) is 4. The molecule has 1 radical (unpaired) electrons. The first-order valence-electron chi connectivity index (χ1n) is 2.74. The Morgan fingerprint density at radius 3 is 2.40 bits per heavy atom. The van der Waals surface area contributed by atoms with E-state index in [2.05, 4.69) is 0 Å². The summed E-state index contributed by atoms with van der Waals surface area (Å²) in [4.78, 5) is 19.2. The normalized spacial score (nSPS) is 22.9. The van der Waals surface area contributed by atoms with E-state index >= 15 is 0 Å². The number of rotatable bonds is 2. The topological polar surface area (TPSA) is 76.0 Å². The molecule has 6 heteroatoms. The van der Waals surface area contributed by atoms with Gasteiger partial charge in [0.05, 0.1) is 13.2 Å². The lowest BCUT2D eigenvalue weighted by molar-refractivity contribution is -0.134. The molecule has 0 aromatic heterocycles. The van der Waals surface area contributed by atoms with Crippen molar-refractivity contribution in [2.24, 2.45) is 0 Å². The highest BCUT2D eigenvalue weighted by Crippen LogP contribution is 2.59. The van der Waals surface area contributed by atoms with E-state index in [0.29, 0.717) is 0 Å². The molecule has 59 valence electrons. The van der Waals surface area contributed by atoms with Gasteiger partial charge in [0.1, 0.15) is 6.16 Å². The van der Waals surface area contributed by atoms with Crippen molar-refractivity contribution in [2.75, 3.05) is 19.4 Å². The van der Waals surface area contributed by atoms with Gasteiger partial charge in [-0.05, 0) is 0 Å². The highest BCUT2D eigenvalue weighted by atomic mass is 31.2. The minimum Gasteiger partial charge on any atom is -0.481 e. The SMILES string of the molecule is O=C(O)C[P]1(O)OCCO1. The molecular formula is C4H8O5P. The lowest BCUT2D eigenvalue weighted by Gasteiger charge is -2.18. The smallest absolute Gasteiger partial charge is 0.314 e. The van der Waals surface area contributed by atoms with Crippen molar-refractivity contribution in [1.82, 2.24) is 0 Å². The third-order valence-corrected chi connectivity index (χ3v) is 2.85. The van der Waals surface area contributed by atoms with E-state index in [1.54, 1.807) is 0 Å². The van der Waals surface area contributed by atoms with Gasteiger partial charge >= 0.3 is 5.97 Å². The van der Waals surface area contributed by atoms with E-state index < -0.39 is 20.1 Å². The fourth-order valence-electron chi connectivity index (χ4n) is 0.659. The molecule has 1 aliphatic heterocycles. The molecule has 0 unspecified atom stereocenters. The zero-order valence-corrected chi connectivity index (χ0v) is 6.08. The van der Waals surface area contributed by atoms with Gasteiger partial charge in [-0.25, -0.2) is 0 Å². The third-order valence-electron chi connectivity index (χ3n) is 1.00. The van der Waals surface area contributed by atoms with Crippen LogP contribution in [0.3, 0.4) is 0 Å². The average Bonchev–Trinajstić information content (AvgIpc) is 2.12. The molecule has 1 rings (SSSR count). The van der Waals surface area contributed by atoms with Gasteiger partial charge in [0, 0.05) is 0 Å². The lowest BCUT2D eigenvalue weighted by atomic mass is 10.8. The van der Waals surface area contributed by atoms with Crippen molar-refractivity contribution in [2.45, 2.75) is 0 Å². The summed E-state index contributed by atoms with van der Waals surface area (Å²) in [7, 11) is -2.98. The van der Waals surface area contributed by atoms with Crippen LogP contribution in [-0.4, -0.2) is 35.3 Å². The lowest BCUT2D eigenvalue weighted by Crippen LogP contribution is -2.08. The van der Waals surface area contributed by atoms with Crippen LogP contribution in [0.15, 0.2) is 0 Å². The molecule has 0 saturated carbocycles. The Hall–Kier alpha value is -0.220. The van der Waals surface area contributed by atoms with Gasteiger partial charge in [0.2, 0.25) is 7.94 Å². The zero-order valence-electron chi connectivity index (χ0n) is 5.19. The summed E-state index contributed by atoms with van der Waals surface area (Å²) < 4.78 is 9.43. The number of carbonyl (C=O) groups is 1. The maximum absolute atomic E-state index is 10.1. The molecule has 5 nitrogen and oxygen atoms in total. The molecule has 1 aliphatic rings. The molecule has 1 saturated heterocycles. The molecular weight excluding hydrogens is 159 g/mol. The average molecular weight is 167 g/mol. The van der Waals surface area contributed by atoms with Gasteiger partial charge in [0.25, 0.3) is 0 Å². The van der Waals surface area contributed by atoms with Gasteiger partial charge in [0.15, 0.2) is 0 Å². The number of carboxylic acids is 1. The third kappa shape index (κ3) is 1.88. The van der Waals surface area contributed by atoms with Crippen LogP contribution < -0.4 is 0 Å². The Morgan fingerprint density at radius 2 is 2.00 bits per heavy atom. The predicted octanol–water partition coefficient (Wildman–Crippen LogP) is -0.127. The highest BCUT2D eigenvalue weighted by molar-refractivity contribution is 7.61. The van der Waals surface area contributed by atoms with Gasteiger partial charge in [-0.3, -0.25) is 4.79 Å². The first-order valence-corrected chi connectivity index (χ1v) is 4.50. The second-order valence-electron chi connectivity index (χ2n) is 1.86. The van der Waals surface area contributed by atoms with Gasteiger partial charge in [-0.2, -0.15) is 0 Å². The zero-order chi connectivity index (χ0) is 7.61. The van der Waals surface area contributed by atoms with E-state index in [1.165, 1.54) is 0 Å². The molecule has 0 spiro atoms. The van der Waals surface area contributed by atoms with E-state index in [0.717, 1.165) is 0 Å². The van der Waals surface area contributed by atoms with Crippen LogP contribution in [0.2, 0.25) is 0 Å². The summed E-state index contributed by atoms with van der Waals surface area (Å²) in [5.41, 5.74) is 0. The van der Waals surface area contributed by atoms with Gasteiger partial charge < -0.3 is 19.0 Å². The molecule has 1 fully saturated rings. The molecule has 0 atom stereocenters. The fraction of sp³-hybridized carbons (Fsp3) is 0.750.